The van der Waals surface area contributed by atoms with Gasteiger partial charge in [0.1, 0.15) is 5.75 Å². The van der Waals surface area contributed by atoms with Crippen LogP contribution in [0.3, 0.4) is 0 Å². The lowest BCUT2D eigenvalue weighted by Gasteiger charge is -2.13. The van der Waals surface area contributed by atoms with Crippen LogP contribution in [0.1, 0.15) is 13.3 Å². The Hall–Kier alpha value is -2.42. The minimum absolute atomic E-state index is 0.118. The van der Waals surface area contributed by atoms with E-state index in [4.69, 9.17) is 4.74 Å². The molecule has 1 aromatic heterocycles. The minimum Gasteiger partial charge on any atom is -0.492 e. The van der Waals surface area contributed by atoms with Crippen molar-refractivity contribution in [2.75, 3.05) is 28.7 Å². The van der Waals surface area contributed by atoms with Gasteiger partial charge in [-0.05, 0) is 25.5 Å². The molecule has 1 aromatic carbocycles. The number of rotatable bonds is 6. The Labute approximate surface area is 140 Å². The van der Waals surface area contributed by atoms with E-state index in [2.05, 4.69) is 25.8 Å². The maximum atomic E-state index is 11.5. The van der Waals surface area contributed by atoms with Gasteiger partial charge >= 0.3 is 0 Å². The first-order valence-electron chi connectivity index (χ1n) is 7.71. The van der Waals surface area contributed by atoms with Gasteiger partial charge in [-0.25, -0.2) is 8.42 Å². The number of nitrogens with one attached hydrogen (secondary N) is 2. The lowest BCUT2D eigenvalue weighted by Crippen LogP contribution is -2.21. The third-order valence-electron chi connectivity index (χ3n) is 3.58. The Morgan fingerprint density at radius 2 is 2.17 bits per heavy atom. The third-order valence-corrected chi connectivity index (χ3v) is 5.34. The van der Waals surface area contributed by atoms with Crippen molar-refractivity contribution in [1.82, 2.24) is 15.2 Å². The molecular formula is C15H19N5O3S. The summed E-state index contributed by atoms with van der Waals surface area (Å²) in [6, 6.07) is 7.33. The van der Waals surface area contributed by atoms with Crippen molar-refractivity contribution in [3.8, 4) is 5.75 Å². The van der Waals surface area contributed by atoms with Gasteiger partial charge in [-0.15, -0.1) is 5.10 Å². The van der Waals surface area contributed by atoms with Gasteiger partial charge in [0.15, 0.2) is 15.7 Å². The number of hydrogen-bond donors (Lipinski definition) is 2. The smallest absolute Gasteiger partial charge is 0.249 e. The number of aromatic nitrogens is 3. The molecule has 24 heavy (non-hydrogen) atoms. The molecule has 2 N–H and O–H groups in total. The van der Waals surface area contributed by atoms with E-state index in [1.165, 1.54) is 6.20 Å². The average molecular weight is 349 g/mol. The number of hydrogen-bond acceptors (Lipinski definition) is 8. The molecule has 3 rings (SSSR count). The molecule has 8 nitrogen and oxygen atoms in total. The highest BCUT2D eigenvalue weighted by atomic mass is 32.2. The zero-order valence-electron chi connectivity index (χ0n) is 13.3. The maximum Gasteiger partial charge on any atom is 0.249 e. The largest absolute Gasteiger partial charge is 0.492 e. The topological polar surface area (TPSA) is 106 Å². The van der Waals surface area contributed by atoms with Crippen molar-refractivity contribution in [2.45, 2.75) is 19.4 Å². The highest BCUT2D eigenvalue weighted by Crippen LogP contribution is 2.26. The van der Waals surface area contributed by atoms with Crippen LogP contribution in [0.2, 0.25) is 0 Å². The summed E-state index contributed by atoms with van der Waals surface area (Å²) in [6.07, 6.45) is 2.05. The van der Waals surface area contributed by atoms with Crippen LogP contribution < -0.4 is 15.4 Å². The zero-order valence-corrected chi connectivity index (χ0v) is 14.1. The summed E-state index contributed by atoms with van der Waals surface area (Å²) in [5, 5.41) is 14.0. The van der Waals surface area contributed by atoms with Crippen LogP contribution in [0, 0.1) is 0 Å². The van der Waals surface area contributed by atoms with Crippen LogP contribution in [-0.2, 0) is 9.84 Å². The summed E-state index contributed by atoms with van der Waals surface area (Å²) < 4.78 is 28.6. The van der Waals surface area contributed by atoms with Crippen LogP contribution in [0.15, 0.2) is 30.5 Å². The first kappa shape index (κ1) is 16.4. The van der Waals surface area contributed by atoms with Crippen molar-refractivity contribution in [3.05, 3.63) is 30.5 Å². The highest BCUT2D eigenvalue weighted by Gasteiger charge is 2.28. The van der Waals surface area contributed by atoms with E-state index in [0.29, 0.717) is 30.5 Å². The third kappa shape index (κ3) is 4.10. The molecule has 9 heteroatoms. The van der Waals surface area contributed by atoms with Gasteiger partial charge < -0.3 is 15.4 Å². The van der Waals surface area contributed by atoms with Gasteiger partial charge in [0, 0.05) is 6.04 Å². The molecular weight excluding hydrogens is 330 g/mol. The van der Waals surface area contributed by atoms with Gasteiger partial charge in [-0.3, -0.25) is 0 Å². The summed E-state index contributed by atoms with van der Waals surface area (Å²) in [4.78, 5) is 4.33. The molecule has 1 unspecified atom stereocenters. The number of nitrogens with zero attached hydrogens (tertiary/aromatic N) is 3. The van der Waals surface area contributed by atoms with Crippen molar-refractivity contribution >= 4 is 27.3 Å². The quantitative estimate of drug-likeness (QED) is 0.810. The van der Waals surface area contributed by atoms with Gasteiger partial charge in [-0.1, -0.05) is 12.1 Å². The molecule has 1 atom stereocenters. The van der Waals surface area contributed by atoms with Gasteiger partial charge in [0.05, 0.1) is 30.0 Å². The summed E-state index contributed by atoms with van der Waals surface area (Å²) >= 11 is 0. The fourth-order valence-electron chi connectivity index (χ4n) is 2.52. The van der Waals surface area contributed by atoms with Crippen LogP contribution in [0.5, 0.6) is 5.75 Å². The summed E-state index contributed by atoms with van der Waals surface area (Å²) in [5.41, 5.74) is 0.738. The van der Waals surface area contributed by atoms with Crippen LogP contribution in [0.4, 0.5) is 17.5 Å². The highest BCUT2D eigenvalue weighted by molar-refractivity contribution is 7.91. The second-order valence-electron chi connectivity index (χ2n) is 5.46. The summed E-state index contributed by atoms with van der Waals surface area (Å²) in [7, 11) is -2.94. The van der Waals surface area contributed by atoms with E-state index in [-0.39, 0.29) is 17.5 Å². The van der Waals surface area contributed by atoms with Crippen molar-refractivity contribution in [3.63, 3.8) is 0 Å². The van der Waals surface area contributed by atoms with E-state index >= 15 is 0 Å². The lowest BCUT2D eigenvalue weighted by molar-refractivity contribution is 0.342. The Morgan fingerprint density at radius 3 is 2.92 bits per heavy atom. The second-order valence-corrected chi connectivity index (χ2v) is 7.69. The van der Waals surface area contributed by atoms with Gasteiger partial charge in [0.2, 0.25) is 5.95 Å². The first-order chi connectivity index (χ1) is 11.6. The molecule has 2 aromatic rings. The van der Waals surface area contributed by atoms with Crippen LogP contribution in [0.25, 0.3) is 0 Å². The Balaban J connectivity index is 1.72. The van der Waals surface area contributed by atoms with Crippen molar-refractivity contribution in [2.24, 2.45) is 0 Å². The molecule has 1 fully saturated rings. The lowest BCUT2D eigenvalue weighted by atomic mass is 10.3. The molecule has 0 bridgehead atoms. The molecule has 0 radical (unpaired) electrons. The van der Waals surface area contributed by atoms with E-state index in [0.717, 1.165) is 5.69 Å². The van der Waals surface area contributed by atoms with Crippen LogP contribution in [-0.4, -0.2) is 47.8 Å². The van der Waals surface area contributed by atoms with Crippen LogP contribution >= 0.6 is 0 Å². The van der Waals surface area contributed by atoms with E-state index in [1.54, 1.807) is 0 Å². The fourth-order valence-corrected chi connectivity index (χ4v) is 4.19. The number of ether oxygens (including phenoxy) is 1. The molecule has 1 saturated heterocycles. The molecule has 0 saturated carbocycles. The normalized spacial score (nSPS) is 19.0. The molecule has 128 valence electrons. The Kier molecular flexibility index (Phi) is 4.79. The maximum absolute atomic E-state index is 11.5. The molecule has 0 aliphatic carbocycles. The monoisotopic (exact) mass is 349 g/mol. The van der Waals surface area contributed by atoms with Crippen molar-refractivity contribution in [1.29, 1.82) is 0 Å². The minimum atomic E-state index is -2.94. The predicted octanol–water partition coefficient (Wildman–Crippen LogP) is 1.61. The number of sulfone groups is 1. The number of anilines is 3. The van der Waals surface area contributed by atoms with Gasteiger partial charge in [-0.2, -0.15) is 10.1 Å². The molecule has 0 amide bonds. The SMILES string of the molecule is CCOc1ccccc1Nc1nncc(NC2CCS(=O)(=O)C2)n1. The van der Waals surface area contributed by atoms with E-state index in [1.807, 2.05) is 31.2 Å². The van der Waals surface area contributed by atoms with E-state index < -0.39 is 9.84 Å². The standard InChI is InChI=1S/C15H19N5O3S/c1-2-23-13-6-4-3-5-12(13)18-15-19-14(9-16-20-15)17-11-7-8-24(21,22)10-11/h3-6,9,11H,2,7-8,10H2,1H3,(H2,17,18,19,20). The number of para-hydroxylation sites is 2. The van der Waals surface area contributed by atoms with Crippen molar-refractivity contribution < 1.29 is 13.2 Å². The molecule has 0 spiro atoms. The molecule has 1 aliphatic rings. The van der Waals surface area contributed by atoms with E-state index in [9.17, 15) is 8.42 Å². The number of benzene rings is 1. The van der Waals surface area contributed by atoms with Gasteiger partial charge in [0.25, 0.3) is 0 Å². The molecule has 2 heterocycles. The molecule has 1 aliphatic heterocycles. The second kappa shape index (κ2) is 7.00. The predicted molar refractivity (Wildman–Crippen MR) is 91.4 cm³/mol. The summed E-state index contributed by atoms with van der Waals surface area (Å²) in [6.45, 7) is 2.46. The average Bonchev–Trinajstić information content (AvgIpc) is 2.89. The fraction of sp³-hybridized carbons (Fsp3) is 0.400. The first-order valence-corrected chi connectivity index (χ1v) is 9.53. The zero-order chi connectivity index (χ0) is 17.0. The Bertz CT molecular complexity index is 812. The summed E-state index contributed by atoms with van der Waals surface area (Å²) in [5.74, 6) is 1.82. The Morgan fingerprint density at radius 1 is 1.33 bits per heavy atom.